The predicted molar refractivity (Wildman–Crippen MR) is 65.6 cm³/mol. The largest absolute Gasteiger partial charge is 0.400 e. The Bertz CT molecular complexity index is 298. The van der Waals surface area contributed by atoms with Crippen molar-refractivity contribution in [2.75, 3.05) is 0 Å². The van der Waals surface area contributed by atoms with Gasteiger partial charge in [-0.25, -0.2) is 0 Å². The van der Waals surface area contributed by atoms with Gasteiger partial charge in [-0.1, -0.05) is 37.3 Å². The molecule has 0 radical (unpaired) electrons. The van der Waals surface area contributed by atoms with Gasteiger partial charge in [0.2, 0.25) is 0 Å². The molecule has 3 atom stereocenters. The van der Waals surface area contributed by atoms with Crippen LogP contribution < -0.4 is 11.5 Å². The molecule has 2 nitrogen and oxygen atoms in total. The minimum atomic E-state index is 0.424. The average molecular weight is 228 g/mol. The van der Waals surface area contributed by atoms with Crippen LogP contribution in [-0.4, -0.2) is 4.20 Å². The Kier molecular flexibility index (Phi) is 2.75. The van der Waals surface area contributed by atoms with Crippen LogP contribution in [0.3, 0.4) is 0 Å². The highest BCUT2D eigenvalue weighted by Crippen LogP contribution is 2.44. The summed E-state index contributed by atoms with van der Waals surface area (Å²) in [4.78, 5) is 0. The van der Waals surface area contributed by atoms with Crippen LogP contribution in [0.5, 0.6) is 0 Å². The topological polar surface area (TPSA) is 52.0 Å². The molecule has 4 heteroatoms. The van der Waals surface area contributed by atoms with Gasteiger partial charge in [-0.3, -0.25) is 0 Å². The molecular formula is C10H16N2S2. The number of rotatable bonds is 0. The maximum absolute atomic E-state index is 6.03. The number of nitrogens with two attached hydrogens (primary N) is 2. The van der Waals surface area contributed by atoms with Gasteiger partial charge in [0.15, 0.2) is 0 Å². The van der Waals surface area contributed by atoms with E-state index in [0.717, 1.165) is 27.3 Å². The van der Waals surface area contributed by atoms with Crippen molar-refractivity contribution in [2.45, 2.75) is 26.2 Å². The van der Waals surface area contributed by atoms with Crippen molar-refractivity contribution in [1.29, 1.82) is 0 Å². The van der Waals surface area contributed by atoms with E-state index in [9.17, 15) is 0 Å². The molecule has 14 heavy (non-hydrogen) atoms. The zero-order chi connectivity index (χ0) is 10.3. The number of allylic oxidation sites excluding steroid dienone is 1. The van der Waals surface area contributed by atoms with Gasteiger partial charge in [-0.15, -0.1) is 0 Å². The molecule has 0 saturated heterocycles. The molecule has 1 aliphatic heterocycles. The van der Waals surface area contributed by atoms with E-state index in [1.165, 1.54) is 24.6 Å². The zero-order valence-electron chi connectivity index (χ0n) is 8.32. The Morgan fingerprint density at radius 1 is 1.29 bits per heavy atom. The minimum Gasteiger partial charge on any atom is -0.400 e. The minimum absolute atomic E-state index is 0.424. The first kappa shape index (κ1) is 10.3. The van der Waals surface area contributed by atoms with E-state index in [1.54, 1.807) is 0 Å². The highest BCUT2D eigenvalue weighted by atomic mass is 32.2. The van der Waals surface area contributed by atoms with E-state index in [2.05, 4.69) is 6.92 Å². The van der Waals surface area contributed by atoms with Gasteiger partial charge in [0.25, 0.3) is 0 Å². The standard InChI is InChI=1S/C10H16N2S2/c1-5-2-3-6-7(4-5)8(11)9(12)14-10(6)13/h5-7H,2-4,11-12H2,1H3. The molecule has 1 fully saturated rings. The highest BCUT2D eigenvalue weighted by molar-refractivity contribution is 8.25. The van der Waals surface area contributed by atoms with Crippen molar-refractivity contribution in [3.05, 3.63) is 10.7 Å². The molecule has 1 aliphatic carbocycles. The normalized spacial score (nSPS) is 38.4. The second kappa shape index (κ2) is 3.74. The predicted octanol–water partition coefficient (Wildman–Crippen LogP) is 2.20. The van der Waals surface area contributed by atoms with E-state index in [4.69, 9.17) is 23.7 Å². The molecule has 0 bridgehead atoms. The molecule has 1 heterocycles. The number of fused-ring (bicyclic) bond motifs is 1. The molecule has 0 aromatic rings. The van der Waals surface area contributed by atoms with Crippen molar-refractivity contribution in [3.8, 4) is 0 Å². The summed E-state index contributed by atoms with van der Waals surface area (Å²) in [5.74, 6) is 1.68. The first-order valence-electron chi connectivity index (χ1n) is 5.06. The molecule has 0 aromatic heterocycles. The molecule has 0 amide bonds. The van der Waals surface area contributed by atoms with Crippen LogP contribution in [0.2, 0.25) is 0 Å². The van der Waals surface area contributed by atoms with Gasteiger partial charge < -0.3 is 11.5 Å². The van der Waals surface area contributed by atoms with Gasteiger partial charge in [0, 0.05) is 17.5 Å². The molecular weight excluding hydrogens is 212 g/mol. The smallest absolute Gasteiger partial charge is 0.0903 e. The maximum Gasteiger partial charge on any atom is 0.0903 e. The molecule has 0 spiro atoms. The van der Waals surface area contributed by atoms with Crippen molar-refractivity contribution in [3.63, 3.8) is 0 Å². The Labute approximate surface area is 94.5 Å². The van der Waals surface area contributed by atoms with E-state index >= 15 is 0 Å². The van der Waals surface area contributed by atoms with Crippen molar-refractivity contribution >= 4 is 28.2 Å². The van der Waals surface area contributed by atoms with Gasteiger partial charge >= 0.3 is 0 Å². The molecule has 3 unspecified atom stereocenters. The summed E-state index contributed by atoms with van der Waals surface area (Å²) >= 11 is 6.87. The van der Waals surface area contributed by atoms with Crippen LogP contribution in [0.15, 0.2) is 10.7 Å². The molecule has 1 saturated carbocycles. The second-order valence-corrected chi connectivity index (χ2v) is 6.15. The van der Waals surface area contributed by atoms with E-state index in [1.807, 2.05) is 0 Å². The summed E-state index contributed by atoms with van der Waals surface area (Å²) in [5, 5.41) is 0.741. The monoisotopic (exact) mass is 228 g/mol. The van der Waals surface area contributed by atoms with Crippen LogP contribution in [0, 0.1) is 17.8 Å². The third-order valence-corrected chi connectivity index (χ3v) is 4.82. The van der Waals surface area contributed by atoms with Crippen LogP contribution in [0.25, 0.3) is 0 Å². The summed E-state index contributed by atoms with van der Waals surface area (Å²) in [6, 6.07) is 0. The SMILES string of the molecule is CC1CCC2C(=S)SC(N)=C(N)C2C1. The summed E-state index contributed by atoms with van der Waals surface area (Å²) in [6.07, 6.45) is 3.61. The molecule has 2 aliphatic rings. The van der Waals surface area contributed by atoms with Crippen LogP contribution in [0.4, 0.5) is 0 Å². The second-order valence-electron chi connectivity index (χ2n) is 4.37. The Hall–Kier alpha value is -0.220. The Morgan fingerprint density at radius 2 is 2.00 bits per heavy atom. The fourth-order valence-corrected chi connectivity index (χ4v) is 3.90. The third-order valence-electron chi connectivity index (χ3n) is 3.31. The number of thiocarbonyl (C=S) groups is 1. The molecule has 4 N–H and O–H groups in total. The summed E-state index contributed by atoms with van der Waals surface area (Å²) in [5.41, 5.74) is 12.8. The summed E-state index contributed by atoms with van der Waals surface area (Å²) in [6.45, 7) is 2.28. The number of hydrogen-bond donors (Lipinski definition) is 2. The Morgan fingerprint density at radius 3 is 2.71 bits per heavy atom. The van der Waals surface area contributed by atoms with Crippen molar-refractivity contribution in [2.24, 2.45) is 29.2 Å². The summed E-state index contributed by atoms with van der Waals surface area (Å²) < 4.78 is 1.05. The lowest BCUT2D eigenvalue weighted by Crippen LogP contribution is -2.36. The molecule has 78 valence electrons. The quantitative estimate of drug-likeness (QED) is 0.624. The first-order valence-corrected chi connectivity index (χ1v) is 6.29. The van der Waals surface area contributed by atoms with Crippen molar-refractivity contribution < 1.29 is 0 Å². The maximum atomic E-state index is 6.03. The molecule has 0 aromatic carbocycles. The lowest BCUT2D eigenvalue weighted by atomic mass is 9.74. The Balaban J connectivity index is 2.27. The third kappa shape index (κ3) is 1.65. The van der Waals surface area contributed by atoms with E-state index in [0.29, 0.717) is 11.8 Å². The lowest BCUT2D eigenvalue weighted by molar-refractivity contribution is 0.270. The lowest BCUT2D eigenvalue weighted by Gasteiger charge is -2.38. The van der Waals surface area contributed by atoms with Gasteiger partial charge in [0.05, 0.1) is 9.23 Å². The molecule has 2 rings (SSSR count). The van der Waals surface area contributed by atoms with Crippen LogP contribution in [-0.2, 0) is 0 Å². The van der Waals surface area contributed by atoms with Crippen LogP contribution >= 0.6 is 24.0 Å². The first-order chi connectivity index (χ1) is 6.59. The van der Waals surface area contributed by atoms with E-state index in [-0.39, 0.29) is 0 Å². The van der Waals surface area contributed by atoms with Gasteiger partial charge in [0.1, 0.15) is 0 Å². The van der Waals surface area contributed by atoms with Gasteiger partial charge in [-0.2, -0.15) is 0 Å². The fourth-order valence-electron chi connectivity index (χ4n) is 2.43. The summed E-state index contributed by atoms with van der Waals surface area (Å²) in [7, 11) is 0. The number of thioether (sulfide) groups is 1. The van der Waals surface area contributed by atoms with Gasteiger partial charge in [-0.05, 0) is 18.8 Å². The van der Waals surface area contributed by atoms with Crippen LogP contribution in [0.1, 0.15) is 26.2 Å². The fraction of sp³-hybridized carbons (Fsp3) is 0.700. The van der Waals surface area contributed by atoms with Crippen molar-refractivity contribution in [1.82, 2.24) is 0 Å². The average Bonchev–Trinajstić information content (AvgIpc) is 2.14. The highest BCUT2D eigenvalue weighted by Gasteiger charge is 2.37. The number of hydrogen-bond acceptors (Lipinski definition) is 4. The van der Waals surface area contributed by atoms with E-state index < -0.39 is 0 Å². The zero-order valence-corrected chi connectivity index (χ0v) is 9.96.